The van der Waals surface area contributed by atoms with Gasteiger partial charge in [0.2, 0.25) is 5.95 Å². The van der Waals surface area contributed by atoms with Crippen LogP contribution in [0.1, 0.15) is 12.8 Å². The maximum Gasteiger partial charge on any atom is 0.226 e. The lowest BCUT2D eigenvalue weighted by molar-refractivity contribution is 0.495. The molecule has 0 unspecified atom stereocenters. The Morgan fingerprint density at radius 3 is 2.67 bits per heavy atom. The van der Waals surface area contributed by atoms with E-state index in [0.717, 1.165) is 25.9 Å². The van der Waals surface area contributed by atoms with Crippen molar-refractivity contribution in [1.29, 1.82) is 0 Å². The molecular weight excluding hydrogens is 235 g/mol. The summed E-state index contributed by atoms with van der Waals surface area (Å²) in [4.78, 5) is 10.5. The van der Waals surface area contributed by atoms with Crippen LogP contribution in [0.15, 0.2) is 12.3 Å². The molecule has 84 valence electrons. The molecule has 1 aliphatic rings. The van der Waals surface area contributed by atoms with Gasteiger partial charge >= 0.3 is 0 Å². The molecule has 0 spiro atoms. The average molecular weight is 249 g/mol. The highest BCUT2D eigenvalue weighted by atomic mass is 35.5. The third-order valence-corrected chi connectivity index (χ3v) is 2.64. The molecule has 1 fully saturated rings. The van der Waals surface area contributed by atoms with E-state index in [9.17, 15) is 0 Å². The number of nitrogens with two attached hydrogens (primary N) is 1. The fraction of sp³-hybridized carbons (Fsp3) is 0.556. The van der Waals surface area contributed by atoms with E-state index in [0.29, 0.717) is 17.1 Å². The van der Waals surface area contributed by atoms with Crippen molar-refractivity contribution in [3.05, 3.63) is 17.4 Å². The third-order valence-electron chi connectivity index (χ3n) is 2.43. The molecule has 15 heavy (non-hydrogen) atoms. The number of nitrogens with zero attached hydrogens (tertiary/aromatic N) is 3. The zero-order valence-electron chi connectivity index (χ0n) is 8.27. The topological polar surface area (TPSA) is 55.0 Å². The lowest BCUT2D eigenvalue weighted by Crippen LogP contribution is -2.40. The fourth-order valence-corrected chi connectivity index (χ4v) is 1.71. The second-order valence-corrected chi connectivity index (χ2v) is 3.89. The van der Waals surface area contributed by atoms with Crippen LogP contribution in [-0.4, -0.2) is 29.1 Å². The van der Waals surface area contributed by atoms with Crippen molar-refractivity contribution in [1.82, 2.24) is 9.97 Å². The van der Waals surface area contributed by atoms with Gasteiger partial charge in [0.25, 0.3) is 0 Å². The number of halogens is 2. The van der Waals surface area contributed by atoms with E-state index < -0.39 is 0 Å². The van der Waals surface area contributed by atoms with E-state index in [1.165, 1.54) is 0 Å². The molecule has 2 heterocycles. The van der Waals surface area contributed by atoms with Gasteiger partial charge in [0, 0.05) is 25.3 Å². The van der Waals surface area contributed by atoms with Crippen molar-refractivity contribution in [2.75, 3.05) is 18.0 Å². The summed E-state index contributed by atoms with van der Waals surface area (Å²) >= 11 is 5.79. The Labute approximate surface area is 100 Å². The predicted octanol–water partition coefficient (Wildman–Crippen LogP) is 1.48. The van der Waals surface area contributed by atoms with E-state index in [1.54, 1.807) is 12.3 Å². The number of piperidine rings is 1. The Bertz CT molecular complexity index is 313. The lowest BCUT2D eigenvalue weighted by Gasteiger charge is -2.29. The van der Waals surface area contributed by atoms with Crippen LogP contribution < -0.4 is 10.6 Å². The number of hydrogen-bond acceptors (Lipinski definition) is 4. The molecule has 0 aromatic carbocycles. The maximum absolute atomic E-state index is 5.81. The summed E-state index contributed by atoms with van der Waals surface area (Å²) in [5.74, 6) is 0.712. The number of rotatable bonds is 1. The normalized spacial score (nSPS) is 17.3. The van der Waals surface area contributed by atoms with Crippen LogP contribution in [0.2, 0.25) is 5.15 Å². The van der Waals surface area contributed by atoms with Gasteiger partial charge in [-0.15, -0.1) is 12.4 Å². The molecule has 2 rings (SSSR count). The first-order valence-electron chi connectivity index (χ1n) is 4.75. The molecule has 1 aliphatic heterocycles. The molecule has 4 nitrogen and oxygen atoms in total. The van der Waals surface area contributed by atoms with Crippen molar-refractivity contribution < 1.29 is 0 Å². The summed E-state index contributed by atoms with van der Waals surface area (Å²) in [5.41, 5.74) is 5.81. The molecule has 2 N–H and O–H groups in total. The number of hydrogen-bond donors (Lipinski definition) is 1. The molecule has 6 heteroatoms. The smallest absolute Gasteiger partial charge is 0.226 e. The van der Waals surface area contributed by atoms with Gasteiger partial charge in [-0.2, -0.15) is 0 Å². The molecule has 0 radical (unpaired) electrons. The minimum absolute atomic E-state index is 0. The number of anilines is 1. The largest absolute Gasteiger partial charge is 0.341 e. The highest BCUT2D eigenvalue weighted by Crippen LogP contribution is 2.16. The molecule has 0 amide bonds. The Morgan fingerprint density at radius 1 is 1.40 bits per heavy atom. The highest BCUT2D eigenvalue weighted by Gasteiger charge is 2.17. The van der Waals surface area contributed by atoms with Crippen molar-refractivity contribution in [2.45, 2.75) is 18.9 Å². The van der Waals surface area contributed by atoms with Crippen molar-refractivity contribution in [3.63, 3.8) is 0 Å². The van der Waals surface area contributed by atoms with E-state index in [1.807, 2.05) is 0 Å². The molecule has 0 saturated carbocycles. The van der Waals surface area contributed by atoms with Crippen LogP contribution in [-0.2, 0) is 0 Å². The Hall–Kier alpha value is -0.580. The van der Waals surface area contributed by atoms with Crippen LogP contribution >= 0.6 is 24.0 Å². The molecule has 1 saturated heterocycles. The molecule has 0 bridgehead atoms. The minimum Gasteiger partial charge on any atom is -0.341 e. The van der Waals surface area contributed by atoms with Crippen LogP contribution in [0.3, 0.4) is 0 Å². The first-order chi connectivity index (χ1) is 6.75. The minimum atomic E-state index is 0. The first kappa shape index (κ1) is 12.5. The van der Waals surface area contributed by atoms with Gasteiger partial charge < -0.3 is 10.6 Å². The fourth-order valence-electron chi connectivity index (χ4n) is 1.58. The average Bonchev–Trinajstić information content (AvgIpc) is 2.19. The maximum atomic E-state index is 5.81. The number of aromatic nitrogens is 2. The van der Waals surface area contributed by atoms with Crippen LogP contribution in [0.25, 0.3) is 0 Å². The van der Waals surface area contributed by atoms with Gasteiger partial charge in [-0.05, 0) is 18.9 Å². The zero-order valence-corrected chi connectivity index (χ0v) is 9.84. The first-order valence-corrected chi connectivity index (χ1v) is 5.12. The van der Waals surface area contributed by atoms with Gasteiger partial charge in [0.1, 0.15) is 5.15 Å². The van der Waals surface area contributed by atoms with Gasteiger partial charge in [0.05, 0.1) is 0 Å². The molecule has 1 aromatic rings. The van der Waals surface area contributed by atoms with Crippen LogP contribution in [0.4, 0.5) is 5.95 Å². The van der Waals surface area contributed by atoms with Crippen LogP contribution in [0.5, 0.6) is 0 Å². The molecule has 0 atom stereocenters. The predicted molar refractivity (Wildman–Crippen MR) is 63.7 cm³/mol. The van der Waals surface area contributed by atoms with E-state index in [4.69, 9.17) is 17.3 Å². The highest BCUT2D eigenvalue weighted by molar-refractivity contribution is 6.29. The summed E-state index contributed by atoms with van der Waals surface area (Å²) in [7, 11) is 0. The van der Waals surface area contributed by atoms with Gasteiger partial charge in [-0.1, -0.05) is 11.6 Å². The lowest BCUT2D eigenvalue weighted by atomic mass is 10.1. The Kier molecular flexibility index (Phi) is 4.57. The summed E-state index contributed by atoms with van der Waals surface area (Å²) in [6, 6.07) is 2.01. The summed E-state index contributed by atoms with van der Waals surface area (Å²) in [6.07, 6.45) is 3.67. The Morgan fingerprint density at radius 2 is 2.07 bits per heavy atom. The quantitative estimate of drug-likeness (QED) is 0.766. The summed E-state index contributed by atoms with van der Waals surface area (Å²) < 4.78 is 0. The van der Waals surface area contributed by atoms with Crippen molar-refractivity contribution >= 4 is 30.0 Å². The summed E-state index contributed by atoms with van der Waals surface area (Å²) in [6.45, 7) is 1.84. The standard InChI is InChI=1S/C9H13ClN4.ClH/c10-8-1-4-12-9(13-8)14-5-2-7(11)3-6-14;/h1,4,7H,2-3,5-6,11H2;1H. The van der Waals surface area contributed by atoms with Crippen molar-refractivity contribution in [2.24, 2.45) is 5.73 Å². The van der Waals surface area contributed by atoms with Gasteiger partial charge in [-0.3, -0.25) is 0 Å². The summed E-state index contributed by atoms with van der Waals surface area (Å²) in [5, 5.41) is 0.491. The zero-order chi connectivity index (χ0) is 9.97. The van der Waals surface area contributed by atoms with Crippen LogP contribution in [0, 0.1) is 0 Å². The monoisotopic (exact) mass is 248 g/mol. The molecular formula is C9H14Cl2N4. The van der Waals surface area contributed by atoms with E-state index in [2.05, 4.69) is 14.9 Å². The SMILES string of the molecule is Cl.NC1CCN(c2nccc(Cl)n2)CC1. The second-order valence-electron chi connectivity index (χ2n) is 3.50. The Balaban J connectivity index is 0.00000112. The van der Waals surface area contributed by atoms with E-state index in [-0.39, 0.29) is 12.4 Å². The van der Waals surface area contributed by atoms with E-state index >= 15 is 0 Å². The second kappa shape index (κ2) is 5.49. The molecule has 0 aliphatic carbocycles. The third kappa shape index (κ3) is 3.19. The van der Waals surface area contributed by atoms with Gasteiger partial charge in [0.15, 0.2) is 0 Å². The van der Waals surface area contributed by atoms with Gasteiger partial charge in [-0.25, -0.2) is 9.97 Å². The van der Waals surface area contributed by atoms with Crippen molar-refractivity contribution in [3.8, 4) is 0 Å². The molecule has 1 aromatic heterocycles.